The van der Waals surface area contributed by atoms with Crippen LogP contribution in [0, 0.1) is 0 Å². The summed E-state index contributed by atoms with van der Waals surface area (Å²) >= 11 is 0. The minimum Gasteiger partial charge on any atom is -0.384 e. The number of amides is 1. The Morgan fingerprint density at radius 1 is 1.31 bits per heavy atom. The van der Waals surface area contributed by atoms with Crippen molar-refractivity contribution in [2.45, 2.75) is 31.8 Å². The van der Waals surface area contributed by atoms with Crippen LogP contribution in [0.1, 0.15) is 36.0 Å². The first-order valence-electron chi connectivity index (χ1n) is 8.97. The normalized spacial score (nSPS) is 17.0. The van der Waals surface area contributed by atoms with Crippen LogP contribution in [-0.2, 0) is 27.3 Å². The van der Waals surface area contributed by atoms with Gasteiger partial charge in [-0.25, -0.2) is 0 Å². The predicted octanol–water partition coefficient (Wildman–Crippen LogP) is 2.18. The Morgan fingerprint density at radius 2 is 2.15 bits per heavy atom. The SMILES string of the molecule is COCCC(=O)N1CCC(c2nc(CCOCc3ccccc3)no2)C1. The van der Waals surface area contributed by atoms with E-state index >= 15 is 0 Å². The molecular formula is C19H25N3O4. The van der Waals surface area contributed by atoms with Gasteiger partial charge in [0.2, 0.25) is 11.8 Å². The Balaban J connectivity index is 1.41. The van der Waals surface area contributed by atoms with Crippen molar-refractivity contribution < 1.29 is 18.8 Å². The third-order valence-electron chi connectivity index (χ3n) is 4.48. The van der Waals surface area contributed by atoms with Crippen molar-refractivity contribution in [3.05, 3.63) is 47.6 Å². The van der Waals surface area contributed by atoms with Gasteiger partial charge in [-0.3, -0.25) is 4.79 Å². The van der Waals surface area contributed by atoms with Crippen LogP contribution in [0.25, 0.3) is 0 Å². The molecule has 0 radical (unpaired) electrons. The highest BCUT2D eigenvalue weighted by Gasteiger charge is 2.30. The number of carbonyl (C=O) groups excluding carboxylic acids is 1. The summed E-state index contributed by atoms with van der Waals surface area (Å²) in [5.41, 5.74) is 1.14. The molecule has 2 aromatic rings. The van der Waals surface area contributed by atoms with Crippen LogP contribution in [-0.4, -0.2) is 54.4 Å². The molecule has 1 amide bonds. The fourth-order valence-corrected chi connectivity index (χ4v) is 3.00. The van der Waals surface area contributed by atoms with Gasteiger partial charge in [-0.05, 0) is 12.0 Å². The van der Waals surface area contributed by atoms with Crippen LogP contribution < -0.4 is 0 Å². The van der Waals surface area contributed by atoms with Gasteiger partial charge >= 0.3 is 0 Å². The summed E-state index contributed by atoms with van der Waals surface area (Å²) in [4.78, 5) is 18.4. The van der Waals surface area contributed by atoms with Gasteiger partial charge in [-0.15, -0.1) is 0 Å². The van der Waals surface area contributed by atoms with Gasteiger partial charge in [-0.2, -0.15) is 4.98 Å². The highest BCUT2D eigenvalue weighted by atomic mass is 16.5. The molecule has 0 bridgehead atoms. The maximum atomic E-state index is 12.0. The standard InChI is InChI=1S/C19H25N3O4/c1-24-11-9-18(23)22-10-7-16(13-22)19-20-17(21-26-19)8-12-25-14-15-5-3-2-4-6-15/h2-6,16H,7-14H2,1H3. The third-order valence-corrected chi connectivity index (χ3v) is 4.48. The molecule has 0 spiro atoms. The van der Waals surface area contributed by atoms with E-state index < -0.39 is 0 Å². The number of hydrogen-bond donors (Lipinski definition) is 0. The molecule has 1 fully saturated rings. The Morgan fingerprint density at radius 3 is 2.96 bits per heavy atom. The molecule has 3 rings (SSSR count). The summed E-state index contributed by atoms with van der Waals surface area (Å²) in [5.74, 6) is 1.50. The highest BCUT2D eigenvalue weighted by molar-refractivity contribution is 5.76. The predicted molar refractivity (Wildman–Crippen MR) is 94.5 cm³/mol. The van der Waals surface area contributed by atoms with E-state index in [-0.39, 0.29) is 11.8 Å². The lowest BCUT2D eigenvalue weighted by Crippen LogP contribution is -2.29. The van der Waals surface area contributed by atoms with Crippen molar-refractivity contribution in [2.24, 2.45) is 0 Å². The van der Waals surface area contributed by atoms with Crippen LogP contribution in [0.3, 0.4) is 0 Å². The third kappa shape index (κ3) is 5.12. The monoisotopic (exact) mass is 359 g/mol. The number of nitrogens with zero attached hydrogens (tertiary/aromatic N) is 3. The first-order valence-corrected chi connectivity index (χ1v) is 8.97. The molecule has 1 aliphatic heterocycles. The van der Waals surface area contributed by atoms with Crippen LogP contribution in [0.4, 0.5) is 0 Å². The fourth-order valence-electron chi connectivity index (χ4n) is 3.00. The van der Waals surface area contributed by atoms with E-state index in [1.165, 1.54) is 0 Å². The van der Waals surface area contributed by atoms with Crippen LogP contribution in [0.15, 0.2) is 34.9 Å². The van der Waals surface area contributed by atoms with Gasteiger partial charge in [0.25, 0.3) is 0 Å². The van der Waals surface area contributed by atoms with Crippen molar-refractivity contribution in [2.75, 3.05) is 33.4 Å². The number of benzene rings is 1. The molecule has 1 aromatic carbocycles. The number of hydrogen-bond acceptors (Lipinski definition) is 6. The summed E-state index contributed by atoms with van der Waals surface area (Å²) in [6.07, 6.45) is 1.88. The van der Waals surface area contributed by atoms with Crippen molar-refractivity contribution >= 4 is 5.91 Å². The number of methoxy groups -OCH3 is 1. The molecular weight excluding hydrogens is 334 g/mol. The Bertz CT molecular complexity index is 689. The van der Waals surface area contributed by atoms with E-state index in [1.54, 1.807) is 7.11 Å². The van der Waals surface area contributed by atoms with Crippen molar-refractivity contribution in [1.82, 2.24) is 15.0 Å². The van der Waals surface area contributed by atoms with Gasteiger partial charge in [0.05, 0.1) is 32.2 Å². The first kappa shape index (κ1) is 18.5. The van der Waals surface area contributed by atoms with Crippen molar-refractivity contribution in [1.29, 1.82) is 0 Å². The van der Waals surface area contributed by atoms with Gasteiger partial charge < -0.3 is 18.9 Å². The topological polar surface area (TPSA) is 77.7 Å². The summed E-state index contributed by atoms with van der Waals surface area (Å²) in [5, 5.41) is 4.04. The largest absolute Gasteiger partial charge is 0.384 e. The quantitative estimate of drug-likeness (QED) is 0.639. The molecule has 1 aliphatic rings. The van der Waals surface area contributed by atoms with Crippen molar-refractivity contribution in [3.63, 3.8) is 0 Å². The van der Waals surface area contributed by atoms with E-state index in [4.69, 9.17) is 14.0 Å². The van der Waals surface area contributed by atoms with E-state index in [9.17, 15) is 4.79 Å². The maximum absolute atomic E-state index is 12.0. The molecule has 1 atom stereocenters. The molecule has 1 aromatic heterocycles. The highest BCUT2D eigenvalue weighted by Crippen LogP contribution is 2.26. The number of rotatable bonds is 9. The van der Waals surface area contributed by atoms with Gasteiger partial charge in [0.15, 0.2) is 5.82 Å². The molecule has 2 heterocycles. The molecule has 0 saturated carbocycles. The zero-order chi connectivity index (χ0) is 18.2. The zero-order valence-electron chi connectivity index (χ0n) is 15.1. The Hall–Kier alpha value is -2.25. The molecule has 140 valence electrons. The number of ether oxygens (including phenoxy) is 2. The molecule has 0 aliphatic carbocycles. The lowest BCUT2D eigenvalue weighted by atomic mass is 10.1. The van der Waals surface area contributed by atoms with Gasteiger partial charge in [-0.1, -0.05) is 35.5 Å². The second-order valence-corrected chi connectivity index (χ2v) is 6.41. The Kier molecular flexibility index (Phi) is 6.74. The van der Waals surface area contributed by atoms with Crippen LogP contribution in [0.2, 0.25) is 0 Å². The Labute approximate surface area is 153 Å². The van der Waals surface area contributed by atoms with Gasteiger partial charge in [0, 0.05) is 26.6 Å². The van der Waals surface area contributed by atoms with Gasteiger partial charge in [0.1, 0.15) is 0 Å². The van der Waals surface area contributed by atoms with Crippen LogP contribution >= 0.6 is 0 Å². The average Bonchev–Trinajstić information content (AvgIpc) is 3.33. The minimum absolute atomic E-state index is 0.114. The van der Waals surface area contributed by atoms with E-state index in [0.717, 1.165) is 18.5 Å². The lowest BCUT2D eigenvalue weighted by molar-refractivity contribution is -0.131. The second-order valence-electron chi connectivity index (χ2n) is 6.41. The zero-order valence-corrected chi connectivity index (χ0v) is 15.1. The summed E-state index contributed by atoms with van der Waals surface area (Å²) in [6, 6.07) is 10.0. The second kappa shape index (κ2) is 9.45. The van der Waals surface area contributed by atoms with Crippen molar-refractivity contribution in [3.8, 4) is 0 Å². The van der Waals surface area contributed by atoms with E-state index in [2.05, 4.69) is 10.1 Å². The number of carbonyl (C=O) groups is 1. The minimum atomic E-state index is 0.114. The lowest BCUT2D eigenvalue weighted by Gasteiger charge is -2.15. The maximum Gasteiger partial charge on any atom is 0.231 e. The smallest absolute Gasteiger partial charge is 0.231 e. The van der Waals surface area contributed by atoms with Crippen LogP contribution in [0.5, 0.6) is 0 Å². The van der Waals surface area contributed by atoms with E-state index in [1.807, 2.05) is 35.2 Å². The summed E-state index contributed by atoms with van der Waals surface area (Å²) < 4.78 is 16.0. The first-order chi connectivity index (χ1) is 12.8. The van der Waals surface area contributed by atoms with E-state index in [0.29, 0.717) is 50.9 Å². The summed E-state index contributed by atoms with van der Waals surface area (Å²) in [7, 11) is 1.60. The molecule has 7 nitrogen and oxygen atoms in total. The molecule has 1 unspecified atom stereocenters. The average molecular weight is 359 g/mol. The molecule has 7 heteroatoms. The molecule has 1 saturated heterocycles. The number of likely N-dealkylation sites (tertiary alicyclic amines) is 1. The summed E-state index contributed by atoms with van der Waals surface area (Å²) in [6.45, 7) is 2.93. The molecule has 0 N–H and O–H groups in total. The molecule has 26 heavy (non-hydrogen) atoms. The number of aromatic nitrogens is 2. The fraction of sp³-hybridized carbons (Fsp3) is 0.526.